The molecule has 1 heterocycles. The molecule has 0 spiro atoms. The maximum absolute atomic E-state index is 6.04. The van der Waals surface area contributed by atoms with Crippen molar-refractivity contribution >= 4 is 23.4 Å². The third-order valence-electron chi connectivity index (χ3n) is 2.56. The zero-order valence-electron chi connectivity index (χ0n) is 10.8. The number of halogens is 1. The average Bonchev–Trinajstić information content (AvgIpc) is 2.46. The van der Waals surface area contributed by atoms with Crippen LogP contribution in [-0.4, -0.2) is 24.1 Å². The van der Waals surface area contributed by atoms with E-state index in [1.54, 1.807) is 20.4 Å². The van der Waals surface area contributed by atoms with Crippen molar-refractivity contribution in [1.82, 2.24) is 9.97 Å². The number of benzene rings is 1. The van der Waals surface area contributed by atoms with E-state index in [0.29, 0.717) is 23.3 Å². The standard InChI is InChI=1S/C13H15ClN4O/c1-15-13-17-8-11(14)12(18-13)16-7-9-4-3-5-10(6-9)19-2/h3-6,8H,7H2,1-2H3,(H2,15,16,17,18). The van der Waals surface area contributed by atoms with Crippen molar-refractivity contribution in [2.75, 3.05) is 24.8 Å². The maximum atomic E-state index is 6.04. The Morgan fingerprint density at radius 2 is 2.21 bits per heavy atom. The topological polar surface area (TPSA) is 59.1 Å². The van der Waals surface area contributed by atoms with Crippen LogP contribution in [0.1, 0.15) is 5.56 Å². The third-order valence-corrected chi connectivity index (χ3v) is 2.84. The summed E-state index contributed by atoms with van der Waals surface area (Å²) in [4.78, 5) is 8.28. The van der Waals surface area contributed by atoms with E-state index in [0.717, 1.165) is 11.3 Å². The monoisotopic (exact) mass is 278 g/mol. The molecular formula is C13H15ClN4O. The van der Waals surface area contributed by atoms with E-state index in [9.17, 15) is 0 Å². The number of nitrogens with zero attached hydrogens (tertiary/aromatic N) is 2. The van der Waals surface area contributed by atoms with Crippen LogP contribution in [0.25, 0.3) is 0 Å². The Bertz CT molecular complexity index is 562. The van der Waals surface area contributed by atoms with Crippen LogP contribution in [0.4, 0.5) is 11.8 Å². The Morgan fingerprint density at radius 3 is 2.95 bits per heavy atom. The van der Waals surface area contributed by atoms with E-state index < -0.39 is 0 Å². The van der Waals surface area contributed by atoms with E-state index >= 15 is 0 Å². The van der Waals surface area contributed by atoms with Gasteiger partial charge < -0.3 is 15.4 Å². The Hall–Kier alpha value is -2.01. The number of ether oxygens (including phenoxy) is 1. The molecule has 2 N–H and O–H groups in total. The van der Waals surface area contributed by atoms with Crippen molar-refractivity contribution in [2.24, 2.45) is 0 Å². The van der Waals surface area contributed by atoms with Gasteiger partial charge in [-0.25, -0.2) is 4.98 Å². The van der Waals surface area contributed by atoms with Crippen molar-refractivity contribution in [3.63, 3.8) is 0 Å². The molecule has 5 nitrogen and oxygen atoms in total. The van der Waals surface area contributed by atoms with E-state index in [4.69, 9.17) is 16.3 Å². The lowest BCUT2D eigenvalue weighted by Gasteiger charge is -2.09. The highest BCUT2D eigenvalue weighted by atomic mass is 35.5. The lowest BCUT2D eigenvalue weighted by Crippen LogP contribution is -2.05. The lowest BCUT2D eigenvalue weighted by atomic mass is 10.2. The summed E-state index contributed by atoms with van der Waals surface area (Å²) in [5.41, 5.74) is 1.08. The van der Waals surface area contributed by atoms with Crippen molar-refractivity contribution in [3.8, 4) is 5.75 Å². The number of aromatic nitrogens is 2. The number of rotatable bonds is 5. The van der Waals surface area contributed by atoms with E-state index in [2.05, 4.69) is 20.6 Å². The van der Waals surface area contributed by atoms with Crippen LogP contribution in [0.5, 0.6) is 5.75 Å². The molecule has 0 amide bonds. The first-order valence-electron chi connectivity index (χ1n) is 5.80. The summed E-state index contributed by atoms with van der Waals surface area (Å²) in [5, 5.41) is 6.53. The fourth-order valence-corrected chi connectivity index (χ4v) is 1.74. The van der Waals surface area contributed by atoms with Crippen molar-refractivity contribution in [2.45, 2.75) is 6.54 Å². The van der Waals surface area contributed by atoms with Gasteiger partial charge in [-0.05, 0) is 17.7 Å². The van der Waals surface area contributed by atoms with Gasteiger partial charge in [-0.3, -0.25) is 0 Å². The molecule has 0 aliphatic heterocycles. The Kier molecular flexibility index (Phi) is 4.41. The predicted octanol–water partition coefficient (Wildman–Crippen LogP) is 2.79. The van der Waals surface area contributed by atoms with E-state index in [1.807, 2.05) is 24.3 Å². The van der Waals surface area contributed by atoms with Crippen molar-refractivity contribution < 1.29 is 4.74 Å². The summed E-state index contributed by atoms with van der Waals surface area (Å²) in [6.45, 7) is 0.608. The third kappa shape index (κ3) is 3.48. The molecule has 0 saturated carbocycles. The highest BCUT2D eigenvalue weighted by Gasteiger charge is 2.04. The first-order valence-corrected chi connectivity index (χ1v) is 6.18. The summed E-state index contributed by atoms with van der Waals surface area (Å²) < 4.78 is 5.18. The van der Waals surface area contributed by atoms with E-state index in [1.165, 1.54) is 0 Å². The Morgan fingerprint density at radius 1 is 1.37 bits per heavy atom. The molecule has 100 valence electrons. The Balaban J connectivity index is 2.09. The predicted molar refractivity (Wildman–Crippen MR) is 76.9 cm³/mol. The molecule has 6 heteroatoms. The molecule has 0 radical (unpaired) electrons. The molecule has 2 rings (SSSR count). The second kappa shape index (κ2) is 6.24. The van der Waals surface area contributed by atoms with Gasteiger partial charge in [-0.1, -0.05) is 23.7 Å². The zero-order valence-corrected chi connectivity index (χ0v) is 11.5. The van der Waals surface area contributed by atoms with Crippen LogP contribution in [0, 0.1) is 0 Å². The van der Waals surface area contributed by atoms with Gasteiger partial charge in [0.2, 0.25) is 5.95 Å². The molecule has 0 unspecified atom stereocenters. The molecule has 19 heavy (non-hydrogen) atoms. The number of hydrogen-bond acceptors (Lipinski definition) is 5. The second-order valence-electron chi connectivity index (χ2n) is 3.85. The number of nitrogens with one attached hydrogen (secondary N) is 2. The van der Waals surface area contributed by atoms with Crippen molar-refractivity contribution in [1.29, 1.82) is 0 Å². The molecule has 0 fully saturated rings. The second-order valence-corrected chi connectivity index (χ2v) is 4.25. The molecule has 0 atom stereocenters. The van der Waals surface area contributed by atoms with Crippen LogP contribution >= 0.6 is 11.6 Å². The van der Waals surface area contributed by atoms with Gasteiger partial charge in [-0.15, -0.1) is 0 Å². The highest BCUT2D eigenvalue weighted by Crippen LogP contribution is 2.20. The van der Waals surface area contributed by atoms with Gasteiger partial charge in [0.05, 0.1) is 13.3 Å². The summed E-state index contributed by atoms with van der Waals surface area (Å²) in [5.74, 6) is 1.95. The van der Waals surface area contributed by atoms with Crippen molar-refractivity contribution in [3.05, 3.63) is 41.0 Å². The average molecular weight is 279 g/mol. The minimum atomic E-state index is 0.488. The zero-order chi connectivity index (χ0) is 13.7. The minimum absolute atomic E-state index is 0.488. The maximum Gasteiger partial charge on any atom is 0.224 e. The SMILES string of the molecule is CNc1ncc(Cl)c(NCc2cccc(OC)c2)n1. The molecule has 1 aromatic carbocycles. The van der Waals surface area contributed by atoms with Crippen LogP contribution in [0.2, 0.25) is 5.02 Å². The van der Waals surface area contributed by atoms with Gasteiger partial charge in [0.1, 0.15) is 10.8 Å². The molecule has 2 aromatic rings. The molecule has 1 aromatic heterocycles. The van der Waals surface area contributed by atoms with Crippen LogP contribution < -0.4 is 15.4 Å². The minimum Gasteiger partial charge on any atom is -0.497 e. The number of anilines is 2. The Labute approximate surface area is 117 Å². The smallest absolute Gasteiger partial charge is 0.224 e. The molecule has 0 saturated heterocycles. The molecular weight excluding hydrogens is 264 g/mol. The summed E-state index contributed by atoms with van der Waals surface area (Å²) in [6, 6.07) is 7.81. The fraction of sp³-hybridized carbons (Fsp3) is 0.231. The largest absolute Gasteiger partial charge is 0.497 e. The van der Waals surface area contributed by atoms with Gasteiger partial charge >= 0.3 is 0 Å². The summed E-state index contributed by atoms with van der Waals surface area (Å²) in [7, 11) is 3.40. The van der Waals surface area contributed by atoms with Gasteiger partial charge in [-0.2, -0.15) is 4.98 Å². The highest BCUT2D eigenvalue weighted by molar-refractivity contribution is 6.32. The lowest BCUT2D eigenvalue weighted by molar-refractivity contribution is 0.414. The summed E-state index contributed by atoms with van der Waals surface area (Å²) >= 11 is 6.04. The number of hydrogen-bond donors (Lipinski definition) is 2. The summed E-state index contributed by atoms with van der Waals surface area (Å²) in [6.07, 6.45) is 1.56. The van der Waals surface area contributed by atoms with Crippen LogP contribution in [-0.2, 0) is 6.54 Å². The van der Waals surface area contributed by atoms with Crippen LogP contribution in [0.15, 0.2) is 30.5 Å². The first kappa shape index (κ1) is 13.4. The quantitative estimate of drug-likeness (QED) is 0.881. The number of methoxy groups -OCH3 is 1. The normalized spacial score (nSPS) is 10.1. The van der Waals surface area contributed by atoms with Gasteiger partial charge in [0.15, 0.2) is 5.82 Å². The molecule has 0 aliphatic carbocycles. The van der Waals surface area contributed by atoms with Gasteiger partial charge in [0.25, 0.3) is 0 Å². The van der Waals surface area contributed by atoms with Crippen LogP contribution in [0.3, 0.4) is 0 Å². The molecule has 0 bridgehead atoms. The molecule has 0 aliphatic rings. The van der Waals surface area contributed by atoms with E-state index in [-0.39, 0.29) is 0 Å². The first-order chi connectivity index (χ1) is 9.22. The fourth-order valence-electron chi connectivity index (χ4n) is 1.58. The van der Waals surface area contributed by atoms with Gasteiger partial charge in [0, 0.05) is 13.6 Å².